The van der Waals surface area contributed by atoms with Crippen LogP contribution in [0.15, 0.2) is 35.0 Å². The normalized spacial score (nSPS) is 12.7. The van der Waals surface area contributed by atoms with Crippen LogP contribution in [0.2, 0.25) is 5.22 Å². The highest BCUT2D eigenvalue weighted by atomic mass is 35.5. The highest BCUT2D eigenvalue weighted by molar-refractivity contribution is 6.28. The second kappa shape index (κ2) is 4.00. The van der Waals surface area contributed by atoms with Gasteiger partial charge in [-0.1, -0.05) is 0 Å². The smallest absolute Gasteiger partial charge is 0.193 e. The molecule has 2 heterocycles. The third kappa shape index (κ3) is 2.16. The summed E-state index contributed by atoms with van der Waals surface area (Å²) in [6, 6.07) is 4.22. The van der Waals surface area contributed by atoms with Crippen molar-refractivity contribution in [3.8, 4) is 0 Å². The first-order valence-electron chi connectivity index (χ1n) is 4.20. The van der Waals surface area contributed by atoms with E-state index in [1.807, 2.05) is 0 Å². The largest absolute Gasteiger partial charge is 0.447 e. The molecule has 0 aromatic carbocycles. The molecule has 15 heavy (non-hydrogen) atoms. The van der Waals surface area contributed by atoms with Crippen LogP contribution in [0.1, 0.15) is 17.4 Å². The highest BCUT2D eigenvalue weighted by Gasteiger charge is 2.15. The van der Waals surface area contributed by atoms with Crippen LogP contribution in [0.25, 0.3) is 0 Å². The molecule has 3 nitrogen and oxygen atoms in total. The molecule has 5 heteroatoms. The summed E-state index contributed by atoms with van der Waals surface area (Å²) in [4.78, 5) is 3.63. The molecular formula is C10H7ClFNO2. The van der Waals surface area contributed by atoms with Crippen molar-refractivity contribution in [1.29, 1.82) is 0 Å². The van der Waals surface area contributed by atoms with E-state index >= 15 is 0 Å². The van der Waals surface area contributed by atoms with Crippen molar-refractivity contribution < 1.29 is 13.9 Å². The fourth-order valence-electron chi connectivity index (χ4n) is 1.22. The zero-order chi connectivity index (χ0) is 10.8. The van der Waals surface area contributed by atoms with E-state index in [0.29, 0.717) is 5.56 Å². The molecule has 0 amide bonds. The quantitative estimate of drug-likeness (QED) is 0.858. The number of hydrogen-bond donors (Lipinski definition) is 1. The number of aliphatic hydroxyl groups excluding tert-OH is 1. The standard InChI is InChI=1S/C10H7ClFNO2/c11-9-2-1-8(15-9)10(14)6-3-7(12)5-13-4-6/h1-5,10,14H. The number of pyridine rings is 1. The van der Waals surface area contributed by atoms with Crippen molar-refractivity contribution in [3.63, 3.8) is 0 Å². The van der Waals surface area contributed by atoms with Crippen LogP contribution < -0.4 is 0 Å². The van der Waals surface area contributed by atoms with Gasteiger partial charge in [0, 0.05) is 11.8 Å². The summed E-state index contributed by atoms with van der Waals surface area (Å²) in [6.45, 7) is 0. The van der Waals surface area contributed by atoms with Gasteiger partial charge in [-0.2, -0.15) is 0 Å². The predicted octanol–water partition coefficient (Wildman–Crippen LogP) is 2.55. The molecule has 0 aliphatic rings. The van der Waals surface area contributed by atoms with Crippen LogP contribution in [-0.4, -0.2) is 10.1 Å². The van der Waals surface area contributed by atoms with Gasteiger partial charge in [0.1, 0.15) is 17.7 Å². The predicted molar refractivity (Wildman–Crippen MR) is 52.0 cm³/mol. The highest BCUT2D eigenvalue weighted by Crippen LogP contribution is 2.25. The van der Waals surface area contributed by atoms with Crippen molar-refractivity contribution in [3.05, 3.63) is 53.0 Å². The Kier molecular flexibility index (Phi) is 2.70. The van der Waals surface area contributed by atoms with Crippen LogP contribution in [0, 0.1) is 5.82 Å². The first-order chi connectivity index (χ1) is 7.16. The molecule has 0 aliphatic heterocycles. The molecule has 1 unspecified atom stereocenters. The molecule has 0 spiro atoms. The average molecular weight is 228 g/mol. The van der Waals surface area contributed by atoms with Crippen molar-refractivity contribution in [2.45, 2.75) is 6.10 Å². The minimum absolute atomic E-state index is 0.174. The van der Waals surface area contributed by atoms with E-state index in [1.165, 1.54) is 24.4 Å². The number of halogens is 2. The molecule has 2 aromatic heterocycles. The Labute approximate surface area is 90.1 Å². The van der Waals surface area contributed by atoms with Gasteiger partial charge in [0.05, 0.1) is 6.20 Å². The molecule has 2 aromatic rings. The molecule has 2 rings (SSSR count). The lowest BCUT2D eigenvalue weighted by atomic mass is 10.1. The zero-order valence-corrected chi connectivity index (χ0v) is 8.28. The van der Waals surface area contributed by atoms with Gasteiger partial charge in [-0.05, 0) is 29.8 Å². The van der Waals surface area contributed by atoms with Crippen LogP contribution in [0.5, 0.6) is 0 Å². The number of furan rings is 1. The minimum atomic E-state index is -1.05. The lowest BCUT2D eigenvalue weighted by Gasteiger charge is -2.06. The summed E-state index contributed by atoms with van der Waals surface area (Å²) >= 11 is 5.56. The lowest BCUT2D eigenvalue weighted by Crippen LogP contribution is -1.99. The number of nitrogens with zero attached hydrogens (tertiary/aromatic N) is 1. The fourth-order valence-corrected chi connectivity index (χ4v) is 1.37. The molecule has 0 saturated heterocycles. The van der Waals surface area contributed by atoms with E-state index in [0.717, 1.165) is 6.20 Å². The maximum atomic E-state index is 12.8. The fraction of sp³-hybridized carbons (Fsp3) is 0.100. The summed E-state index contributed by atoms with van der Waals surface area (Å²) in [5.41, 5.74) is 0.320. The molecule has 0 bridgehead atoms. The van der Waals surface area contributed by atoms with Crippen molar-refractivity contribution in [2.24, 2.45) is 0 Å². The van der Waals surface area contributed by atoms with E-state index in [4.69, 9.17) is 16.0 Å². The SMILES string of the molecule is OC(c1cncc(F)c1)c1ccc(Cl)o1. The first kappa shape index (κ1) is 10.1. The van der Waals surface area contributed by atoms with Gasteiger partial charge < -0.3 is 9.52 Å². The van der Waals surface area contributed by atoms with E-state index in [-0.39, 0.29) is 11.0 Å². The summed E-state index contributed by atoms with van der Waals surface area (Å²) in [5, 5.41) is 9.95. The van der Waals surface area contributed by atoms with Gasteiger partial charge in [0.15, 0.2) is 5.22 Å². The van der Waals surface area contributed by atoms with E-state index in [2.05, 4.69) is 4.98 Å². The van der Waals surface area contributed by atoms with Gasteiger partial charge in [-0.25, -0.2) is 4.39 Å². The van der Waals surface area contributed by atoms with Crippen molar-refractivity contribution in [1.82, 2.24) is 4.98 Å². The van der Waals surface area contributed by atoms with Gasteiger partial charge >= 0.3 is 0 Å². The molecule has 0 radical (unpaired) electrons. The summed E-state index contributed by atoms with van der Waals surface area (Å²) in [7, 11) is 0. The Morgan fingerprint density at radius 3 is 2.80 bits per heavy atom. The molecule has 0 aliphatic carbocycles. The maximum Gasteiger partial charge on any atom is 0.193 e. The Balaban J connectivity index is 2.32. The van der Waals surface area contributed by atoms with Crippen LogP contribution >= 0.6 is 11.6 Å². The van der Waals surface area contributed by atoms with Gasteiger partial charge in [0.25, 0.3) is 0 Å². The van der Waals surface area contributed by atoms with Crippen molar-refractivity contribution in [2.75, 3.05) is 0 Å². The Bertz CT molecular complexity index is 472. The molecule has 1 atom stereocenters. The second-order valence-corrected chi connectivity index (χ2v) is 3.35. The number of hydrogen-bond acceptors (Lipinski definition) is 3. The average Bonchev–Trinajstić information content (AvgIpc) is 2.64. The van der Waals surface area contributed by atoms with Crippen LogP contribution in [-0.2, 0) is 0 Å². The third-order valence-electron chi connectivity index (χ3n) is 1.91. The van der Waals surface area contributed by atoms with E-state index in [1.54, 1.807) is 0 Å². The third-order valence-corrected chi connectivity index (χ3v) is 2.11. The molecule has 0 fully saturated rings. The van der Waals surface area contributed by atoms with E-state index < -0.39 is 11.9 Å². The van der Waals surface area contributed by atoms with Gasteiger partial charge in [-0.15, -0.1) is 0 Å². The topological polar surface area (TPSA) is 46.3 Å². The Morgan fingerprint density at radius 2 is 2.20 bits per heavy atom. The van der Waals surface area contributed by atoms with Gasteiger partial charge in [0.2, 0.25) is 0 Å². The Hall–Kier alpha value is -1.39. The zero-order valence-electron chi connectivity index (χ0n) is 7.52. The number of aliphatic hydroxyl groups is 1. The van der Waals surface area contributed by atoms with Gasteiger partial charge in [-0.3, -0.25) is 4.98 Å². The molecule has 1 N–H and O–H groups in total. The summed E-state index contributed by atoms with van der Waals surface area (Å²) in [6.07, 6.45) is 1.37. The molecule has 78 valence electrons. The Morgan fingerprint density at radius 1 is 1.40 bits per heavy atom. The molecule has 0 saturated carbocycles. The van der Waals surface area contributed by atoms with Crippen molar-refractivity contribution >= 4 is 11.6 Å². The minimum Gasteiger partial charge on any atom is -0.447 e. The monoisotopic (exact) mass is 227 g/mol. The number of aromatic nitrogens is 1. The number of rotatable bonds is 2. The maximum absolute atomic E-state index is 12.8. The molecular weight excluding hydrogens is 221 g/mol. The van der Waals surface area contributed by atoms with E-state index in [9.17, 15) is 9.50 Å². The van der Waals surface area contributed by atoms with Crippen LogP contribution in [0.3, 0.4) is 0 Å². The first-order valence-corrected chi connectivity index (χ1v) is 4.58. The summed E-state index contributed by atoms with van der Waals surface area (Å²) in [5.74, 6) is -0.253. The summed E-state index contributed by atoms with van der Waals surface area (Å²) < 4.78 is 17.8. The van der Waals surface area contributed by atoms with Crippen LogP contribution in [0.4, 0.5) is 4.39 Å². The second-order valence-electron chi connectivity index (χ2n) is 2.98. The lowest BCUT2D eigenvalue weighted by molar-refractivity contribution is 0.188.